The Morgan fingerprint density at radius 2 is 1.75 bits per heavy atom. The number of hydrogen-bond donors (Lipinski definition) is 2. The molecule has 0 aliphatic carbocycles. The number of hydrogen-bond acceptors (Lipinski definition) is 5. The highest BCUT2D eigenvalue weighted by atomic mass is 19.1. The van der Waals surface area contributed by atoms with Crippen LogP contribution in [-0.4, -0.2) is 20.9 Å². The second-order valence-corrected chi connectivity index (χ2v) is 7.41. The summed E-state index contributed by atoms with van der Waals surface area (Å²) in [4.78, 5) is 23.9. The van der Waals surface area contributed by atoms with E-state index in [9.17, 15) is 4.79 Å². The van der Waals surface area contributed by atoms with Gasteiger partial charge >= 0.3 is 0 Å². The van der Waals surface area contributed by atoms with E-state index in [1.165, 1.54) is 6.33 Å². The van der Waals surface area contributed by atoms with E-state index < -0.39 is 11.7 Å². The van der Waals surface area contributed by atoms with E-state index in [1.807, 2.05) is 48.5 Å². The molecule has 32 heavy (non-hydrogen) atoms. The summed E-state index contributed by atoms with van der Waals surface area (Å²) in [5, 5.41) is 5.84. The van der Waals surface area contributed by atoms with E-state index in [2.05, 4.69) is 20.3 Å². The van der Waals surface area contributed by atoms with Gasteiger partial charge in [-0.3, -0.25) is 9.78 Å². The zero-order valence-electron chi connectivity index (χ0n) is 16.9. The molecule has 0 spiro atoms. The normalized spacial score (nSPS) is 11.0. The maximum absolute atomic E-state index is 15.2. The number of nitrogens with zero attached hydrogens (tertiary/aromatic N) is 3. The Hall–Kier alpha value is -4.39. The van der Waals surface area contributed by atoms with Gasteiger partial charge in [0, 0.05) is 29.3 Å². The van der Waals surface area contributed by atoms with Crippen molar-refractivity contribution in [3.63, 3.8) is 0 Å². The zero-order valence-corrected chi connectivity index (χ0v) is 16.9. The molecule has 0 atom stereocenters. The van der Waals surface area contributed by atoms with E-state index in [4.69, 9.17) is 5.73 Å². The molecular formula is C25H18FN5O. The van der Waals surface area contributed by atoms with E-state index in [1.54, 1.807) is 24.4 Å². The number of anilines is 1. The first kappa shape index (κ1) is 19.6. The van der Waals surface area contributed by atoms with Crippen LogP contribution in [0.25, 0.3) is 32.9 Å². The number of aromatic nitrogens is 3. The minimum Gasteiger partial charge on any atom is -0.366 e. The molecular weight excluding hydrogens is 405 g/mol. The van der Waals surface area contributed by atoms with Crippen LogP contribution in [0.3, 0.4) is 0 Å². The lowest BCUT2D eigenvalue weighted by Gasteiger charge is -2.10. The molecule has 0 saturated carbocycles. The standard InChI is InChI=1S/C25H18FN5O/c26-22-23(19-7-8-21-18(12-19)2-1-9-28-21)30-14-31-25(22)29-13-15-3-4-17-11-20(24(27)32)6-5-16(17)10-15/h1-12,14H,13H2,(H2,27,32)(H,29,30,31). The van der Waals surface area contributed by atoms with Crippen molar-refractivity contribution in [2.45, 2.75) is 6.54 Å². The molecule has 0 radical (unpaired) electrons. The third kappa shape index (κ3) is 3.72. The van der Waals surface area contributed by atoms with Crippen LogP contribution in [0.15, 0.2) is 79.3 Å². The average Bonchev–Trinajstić information content (AvgIpc) is 2.82. The summed E-state index contributed by atoms with van der Waals surface area (Å²) >= 11 is 0. The summed E-state index contributed by atoms with van der Waals surface area (Å²) in [6, 6.07) is 20.4. The summed E-state index contributed by atoms with van der Waals surface area (Å²) in [5.74, 6) is -0.844. The molecule has 156 valence electrons. The fourth-order valence-electron chi connectivity index (χ4n) is 3.66. The fraction of sp³-hybridized carbons (Fsp3) is 0.0400. The van der Waals surface area contributed by atoms with Crippen LogP contribution >= 0.6 is 0 Å². The van der Waals surface area contributed by atoms with Gasteiger partial charge < -0.3 is 11.1 Å². The van der Waals surface area contributed by atoms with Crippen LogP contribution in [0.5, 0.6) is 0 Å². The van der Waals surface area contributed by atoms with Crippen molar-refractivity contribution in [3.05, 3.63) is 96.2 Å². The summed E-state index contributed by atoms with van der Waals surface area (Å²) in [6.45, 7) is 0.378. The van der Waals surface area contributed by atoms with Crippen LogP contribution in [0.4, 0.5) is 10.2 Å². The first-order valence-corrected chi connectivity index (χ1v) is 10.0. The SMILES string of the molecule is NC(=O)c1ccc2cc(CNc3ncnc(-c4ccc5ncccc5c4)c3F)ccc2c1. The first-order chi connectivity index (χ1) is 15.6. The number of carbonyl (C=O) groups excluding carboxylic acids is 1. The number of benzene rings is 3. The summed E-state index contributed by atoms with van der Waals surface area (Å²) in [5.41, 5.74) is 8.47. The Labute approximate surface area is 183 Å². The highest BCUT2D eigenvalue weighted by molar-refractivity contribution is 5.97. The van der Waals surface area contributed by atoms with Gasteiger partial charge in [-0.2, -0.15) is 0 Å². The zero-order chi connectivity index (χ0) is 22.1. The molecule has 0 saturated heterocycles. The summed E-state index contributed by atoms with van der Waals surface area (Å²) in [6.07, 6.45) is 3.07. The number of amides is 1. The third-order valence-electron chi connectivity index (χ3n) is 5.32. The van der Waals surface area contributed by atoms with E-state index in [-0.39, 0.29) is 11.5 Å². The van der Waals surface area contributed by atoms with Crippen LogP contribution in [0.1, 0.15) is 15.9 Å². The van der Waals surface area contributed by atoms with Gasteiger partial charge in [0.1, 0.15) is 12.0 Å². The Balaban J connectivity index is 1.40. The second kappa shape index (κ2) is 8.03. The van der Waals surface area contributed by atoms with Gasteiger partial charge in [-0.1, -0.05) is 30.3 Å². The molecule has 0 bridgehead atoms. The van der Waals surface area contributed by atoms with Crippen molar-refractivity contribution in [1.29, 1.82) is 0 Å². The predicted octanol–water partition coefficient (Wildman–Crippen LogP) is 4.70. The summed E-state index contributed by atoms with van der Waals surface area (Å²) in [7, 11) is 0. The number of nitrogens with one attached hydrogen (secondary N) is 1. The lowest BCUT2D eigenvalue weighted by Crippen LogP contribution is -2.10. The van der Waals surface area contributed by atoms with Gasteiger partial charge in [0.25, 0.3) is 0 Å². The van der Waals surface area contributed by atoms with E-state index >= 15 is 4.39 Å². The third-order valence-corrected chi connectivity index (χ3v) is 5.32. The molecule has 5 aromatic rings. The number of pyridine rings is 1. The second-order valence-electron chi connectivity index (χ2n) is 7.41. The van der Waals surface area contributed by atoms with Gasteiger partial charge in [-0.15, -0.1) is 0 Å². The van der Waals surface area contributed by atoms with Gasteiger partial charge in [0.15, 0.2) is 11.6 Å². The molecule has 3 aromatic carbocycles. The van der Waals surface area contributed by atoms with E-state index in [0.717, 1.165) is 27.2 Å². The Bertz CT molecular complexity index is 1480. The molecule has 2 heterocycles. The van der Waals surface area contributed by atoms with Crippen LogP contribution in [-0.2, 0) is 6.54 Å². The molecule has 3 N–H and O–H groups in total. The van der Waals surface area contributed by atoms with Crippen LogP contribution in [0, 0.1) is 5.82 Å². The molecule has 0 fully saturated rings. The van der Waals surface area contributed by atoms with Crippen LogP contribution < -0.4 is 11.1 Å². The number of nitrogens with two attached hydrogens (primary N) is 1. The van der Waals surface area contributed by atoms with Crippen molar-refractivity contribution in [3.8, 4) is 11.3 Å². The molecule has 6 nitrogen and oxygen atoms in total. The Morgan fingerprint density at radius 1 is 0.906 bits per heavy atom. The lowest BCUT2D eigenvalue weighted by atomic mass is 10.0. The molecule has 0 aliphatic heterocycles. The largest absolute Gasteiger partial charge is 0.366 e. The minimum absolute atomic E-state index is 0.130. The highest BCUT2D eigenvalue weighted by Gasteiger charge is 2.14. The number of rotatable bonds is 5. The minimum atomic E-state index is -0.511. The average molecular weight is 423 g/mol. The molecule has 0 aliphatic rings. The molecule has 1 amide bonds. The van der Waals surface area contributed by atoms with Gasteiger partial charge in [-0.05, 0) is 52.7 Å². The quantitative estimate of drug-likeness (QED) is 0.428. The van der Waals surface area contributed by atoms with Gasteiger partial charge in [0.2, 0.25) is 5.91 Å². The fourth-order valence-corrected chi connectivity index (χ4v) is 3.66. The molecule has 2 aromatic heterocycles. The van der Waals surface area contributed by atoms with Crippen molar-refractivity contribution < 1.29 is 9.18 Å². The van der Waals surface area contributed by atoms with Crippen LogP contribution in [0.2, 0.25) is 0 Å². The predicted molar refractivity (Wildman–Crippen MR) is 123 cm³/mol. The highest BCUT2D eigenvalue weighted by Crippen LogP contribution is 2.27. The summed E-state index contributed by atoms with van der Waals surface area (Å²) < 4.78 is 15.2. The number of primary amides is 1. The van der Waals surface area contributed by atoms with E-state index in [0.29, 0.717) is 17.7 Å². The van der Waals surface area contributed by atoms with Crippen molar-refractivity contribution in [2.75, 3.05) is 5.32 Å². The smallest absolute Gasteiger partial charge is 0.248 e. The molecule has 7 heteroatoms. The van der Waals surface area contributed by atoms with Gasteiger partial charge in [0.05, 0.1) is 5.52 Å². The van der Waals surface area contributed by atoms with Crippen molar-refractivity contribution >= 4 is 33.4 Å². The monoisotopic (exact) mass is 423 g/mol. The first-order valence-electron chi connectivity index (χ1n) is 10.0. The number of carbonyl (C=O) groups is 1. The van der Waals surface area contributed by atoms with Gasteiger partial charge in [-0.25, -0.2) is 14.4 Å². The topological polar surface area (TPSA) is 93.8 Å². The van der Waals surface area contributed by atoms with Crippen molar-refractivity contribution in [2.24, 2.45) is 5.73 Å². The maximum atomic E-state index is 15.2. The number of fused-ring (bicyclic) bond motifs is 2. The lowest BCUT2D eigenvalue weighted by molar-refractivity contribution is 0.100. The molecule has 0 unspecified atom stereocenters. The maximum Gasteiger partial charge on any atom is 0.248 e. The number of halogens is 1. The Morgan fingerprint density at radius 3 is 2.62 bits per heavy atom. The van der Waals surface area contributed by atoms with Crippen molar-refractivity contribution in [1.82, 2.24) is 15.0 Å². The molecule has 5 rings (SSSR count). The Kier molecular flexibility index (Phi) is 4.91.